The zero-order valence-corrected chi connectivity index (χ0v) is 17.8. The number of halogens is 2. The minimum Gasteiger partial charge on any atom is -0.228 e. The van der Waals surface area contributed by atoms with Crippen molar-refractivity contribution in [1.29, 1.82) is 0 Å². The van der Waals surface area contributed by atoms with Gasteiger partial charge >= 0.3 is 0 Å². The molecule has 0 aliphatic heterocycles. The summed E-state index contributed by atoms with van der Waals surface area (Å²) < 4.78 is 49.8. The van der Waals surface area contributed by atoms with Crippen LogP contribution in [0.1, 0.15) is 11.1 Å². The molecule has 0 N–H and O–H groups in total. The highest BCUT2D eigenvalue weighted by atomic mass is 79.9. The van der Waals surface area contributed by atoms with Crippen molar-refractivity contribution in [2.24, 2.45) is 0 Å². The Kier molecular flexibility index (Phi) is 6.86. The molecule has 0 saturated carbocycles. The minimum absolute atomic E-state index is 0.242. The van der Waals surface area contributed by atoms with E-state index in [0.29, 0.717) is 5.56 Å². The molecule has 2 aromatic carbocycles. The molecule has 2 rings (SSSR count). The first-order valence-corrected chi connectivity index (χ1v) is 12.2. The molecule has 0 unspecified atom stereocenters. The largest absolute Gasteiger partial charge is 0.231 e. The van der Waals surface area contributed by atoms with Gasteiger partial charge in [0.25, 0.3) is 0 Å². The average Bonchev–Trinajstić information content (AvgIpc) is 2.53. The maximum Gasteiger partial charge on any atom is 0.231 e. The van der Waals surface area contributed by atoms with Crippen LogP contribution in [0, 0.1) is 11.2 Å². The van der Waals surface area contributed by atoms with E-state index in [1.807, 2.05) is 12.1 Å². The Bertz CT molecular complexity index is 999. The first kappa shape index (κ1) is 20.2. The van der Waals surface area contributed by atoms with Gasteiger partial charge in [0.1, 0.15) is 0 Å². The van der Waals surface area contributed by atoms with Crippen molar-refractivity contribution in [3.05, 3.63) is 68.6 Å². The topological polar surface area (TPSA) is 68.3 Å². The second-order valence-corrected chi connectivity index (χ2v) is 11.4. The third-order valence-electron chi connectivity index (χ3n) is 3.14. The van der Waals surface area contributed by atoms with Crippen molar-refractivity contribution in [1.82, 2.24) is 0 Å². The Morgan fingerprint density at radius 2 is 1.32 bits per heavy atom. The quantitative estimate of drug-likeness (QED) is 0.582. The highest BCUT2D eigenvalue weighted by Gasteiger charge is 2.20. The zero-order valence-electron chi connectivity index (χ0n) is 12.9. The van der Waals surface area contributed by atoms with Gasteiger partial charge in [0.2, 0.25) is 9.84 Å². The van der Waals surface area contributed by atoms with Crippen molar-refractivity contribution < 1.29 is 16.8 Å². The molecule has 0 heterocycles. The van der Waals surface area contributed by atoms with Crippen LogP contribution in [-0.2, 0) is 26.1 Å². The lowest BCUT2D eigenvalue weighted by Crippen LogP contribution is -2.19. The number of hydrogen-bond donors (Lipinski definition) is 0. The van der Waals surface area contributed by atoms with E-state index in [1.165, 1.54) is 0 Å². The van der Waals surface area contributed by atoms with Crippen molar-refractivity contribution in [3.8, 4) is 11.2 Å². The van der Waals surface area contributed by atoms with Crippen LogP contribution in [0.5, 0.6) is 0 Å². The molecule has 0 atom stereocenters. The van der Waals surface area contributed by atoms with Crippen LogP contribution < -0.4 is 0 Å². The van der Waals surface area contributed by atoms with E-state index in [9.17, 15) is 16.8 Å². The third-order valence-corrected chi connectivity index (χ3v) is 8.12. The number of sulfone groups is 2. The molecular formula is C17H14Br2O4S2. The molecule has 132 valence electrons. The molecule has 2 aromatic rings. The fourth-order valence-electron chi connectivity index (χ4n) is 1.92. The van der Waals surface area contributed by atoms with Gasteiger partial charge in [0.05, 0.1) is 5.75 Å². The molecule has 8 heteroatoms. The Hall–Kier alpha value is -1.14. The summed E-state index contributed by atoms with van der Waals surface area (Å²) in [5, 5.41) is 1.11. The molecule has 0 amide bonds. The fraction of sp³-hybridized carbons (Fsp3) is 0.176. The first-order chi connectivity index (χ1) is 11.7. The molecule has 0 spiro atoms. The van der Waals surface area contributed by atoms with Gasteiger partial charge in [-0.15, -0.1) is 0 Å². The monoisotopic (exact) mass is 504 g/mol. The Labute approximate surface area is 164 Å². The summed E-state index contributed by atoms with van der Waals surface area (Å²) in [5.74, 6) is 2.24. The highest BCUT2D eigenvalue weighted by molar-refractivity contribution is 9.10. The van der Waals surface area contributed by atoms with Crippen LogP contribution in [0.2, 0.25) is 0 Å². The molecule has 25 heavy (non-hydrogen) atoms. The predicted octanol–water partition coefficient (Wildman–Crippen LogP) is 3.55. The fourth-order valence-corrected chi connectivity index (χ4v) is 5.87. The van der Waals surface area contributed by atoms with E-state index in [2.05, 4.69) is 43.0 Å². The van der Waals surface area contributed by atoms with Gasteiger partial charge in [-0.1, -0.05) is 44.0 Å². The summed E-state index contributed by atoms with van der Waals surface area (Å²) in [5.41, 5.74) is 1.32. The minimum atomic E-state index is -4.03. The maximum atomic E-state index is 12.1. The van der Waals surface area contributed by atoms with E-state index in [-0.39, 0.29) is 12.2 Å². The summed E-state index contributed by atoms with van der Waals surface area (Å²) in [6, 6.07) is 14.0. The maximum absolute atomic E-state index is 12.1. The normalized spacial score (nSPS) is 11.6. The van der Waals surface area contributed by atoms with Crippen LogP contribution in [-0.4, -0.2) is 27.7 Å². The van der Waals surface area contributed by atoms with Crippen molar-refractivity contribution in [2.75, 3.05) is 10.8 Å². The second-order valence-electron chi connectivity index (χ2n) is 5.29. The van der Waals surface area contributed by atoms with E-state index >= 15 is 0 Å². The molecule has 0 aromatic heterocycles. The van der Waals surface area contributed by atoms with E-state index in [1.54, 1.807) is 36.4 Å². The first-order valence-electron chi connectivity index (χ1n) is 7.11. The molecule has 0 bridgehead atoms. The van der Waals surface area contributed by atoms with Gasteiger partial charge in [-0.05, 0) is 54.3 Å². The van der Waals surface area contributed by atoms with Gasteiger partial charge < -0.3 is 0 Å². The summed E-state index contributed by atoms with van der Waals surface area (Å²) in [6.07, 6.45) is 0.255. The molecule has 0 aliphatic carbocycles. The third kappa shape index (κ3) is 7.32. The summed E-state index contributed by atoms with van der Waals surface area (Å²) in [7, 11) is -7.80. The van der Waals surface area contributed by atoms with Crippen molar-refractivity contribution >= 4 is 51.5 Å². The number of aryl methyl sites for hydroxylation is 1. The van der Waals surface area contributed by atoms with Crippen LogP contribution in [0.15, 0.2) is 57.5 Å². The van der Waals surface area contributed by atoms with Crippen LogP contribution in [0.4, 0.5) is 0 Å². The van der Waals surface area contributed by atoms with E-state index < -0.39 is 24.8 Å². The molecule has 4 nitrogen and oxygen atoms in total. The molecule has 0 fully saturated rings. The van der Waals surface area contributed by atoms with Gasteiger partial charge in [-0.25, -0.2) is 16.8 Å². The zero-order chi connectivity index (χ0) is 18.5. The summed E-state index contributed by atoms with van der Waals surface area (Å²) >= 11 is 6.57. The molecular weight excluding hydrogens is 492 g/mol. The number of benzene rings is 2. The smallest absolute Gasteiger partial charge is 0.228 e. The average molecular weight is 506 g/mol. The van der Waals surface area contributed by atoms with Gasteiger partial charge in [0, 0.05) is 19.8 Å². The highest BCUT2D eigenvalue weighted by Crippen LogP contribution is 2.12. The predicted molar refractivity (Wildman–Crippen MR) is 106 cm³/mol. The Balaban J connectivity index is 2.03. The van der Waals surface area contributed by atoms with Gasteiger partial charge in [-0.3, -0.25) is 0 Å². The standard InChI is InChI=1S/C17H14Br2O4S2/c18-16-5-1-14(2-6-16)9-11-24(20,21)13-25(22,23)12-10-15-3-7-17(19)8-4-15/h1-8H,9,11,13H2. The lowest BCUT2D eigenvalue weighted by Gasteiger charge is -2.03. The lowest BCUT2D eigenvalue weighted by molar-refractivity contribution is 0.593. The van der Waals surface area contributed by atoms with E-state index in [0.717, 1.165) is 14.5 Å². The van der Waals surface area contributed by atoms with Crippen LogP contribution in [0.25, 0.3) is 0 Å². The van der Waals surface area contributed by atoms with E-state index in [4.69, 9.17) is 0 Å². The number of rotatable bonds is 5. The lowest BCUT2D eigenvalue weighted by atomic mass is 10.2. The summed E-state index contributed by atoms with van der Waals surface area (Å²) in [4.78, 5) is 0. The van der Waals surface area contributed by atoms with Crippen LogP contribution in [0.3, 0.4) is 0 Å². The Morgan fingerprint density at radius 3 is 1.88 bits per heavy atom. The van der Waals surface area contributed by atoms with Crippen molar-refractivity contribution in [3.63, 3.8) is 0 Å². The molecule has 0 aliphatic rings. The van der Waals surface area contributed by atoms with Gasteiger partial charge in [0.15, 0.2) is 14.9 Å². The SMILES string of the molecule is O=S(=O)(C#Cc1ccc(Br)cc1)CS(=O)(=O)CCc1ccc(Br)cc1. The summed E-state index contributed by atoms with van der Waals surface area (Å²) in [6.45, 7) is 0. The number of hydrogen-bond acceptors (Lipinski definition) is 4. The molecule has 0 radical (unpaired) electrons. The van der Waals surface area contributed by atoms with Gasteiger partial charge in [-0.2, -0.15) is 0 Å². The second kappa shape index (κ2) is 8.49. The van der Waals surface area contributed by atoms with Crippen molar-refractivity contribution in [2.45, 2.75) is 6.42 Å². The Morgan fingerprint density at radius 1 is 0.800 bits per heavy atom. The molecule has 0 saturated heterocycles. The van der Waals surface area contributed by atoms with Crippen LogP contribution >= 0.6 is 31.9 Å².